The van der Waals surface area contributed by atoms with Gasteiger partial charge in [0.15, 0.2) is 0 Å². The molecule has 9 heteroatoms. The number of aromatic nitrogens is 1. The normalized spacial score (nSPS) is 16.4. The number of piperidine rings is 1. The van der Waals surface area contributed by atoms with Crippen molar-refractivity contribution in [2.75, 3.05) is 20.2 Å². The zero-order chi connectivity index (χ0) is 24.7. The van der Waals surface area contributed by atoms with E-state index in [1.165, 1.54) is 23.5 Å². The number of nitrogens with zero attached hydrogens (tertiary/aromatic N) is 2. The molecule has 2 heterocycles. The van der Waals surface area contributed by atoms with Crippen LogP contribution < -0.4 is 9.47 Å². The minimum Gasteiger partial charge on any atom is -0.497 e. The molecular weight excluding hydrogens is 468 g/mol. The van der Waals surface area contributed by atoms with Gasteiger partial charge >= 0.3 is 5.97 Å². The molecular formula is C26H28N2O6S. The van der Waals surface area contributed by atoms with Gasteiger partial charge in [-0.3, -0.25) is 9.78 Å². The molecule has 1 aromatic heterocycles. The van der Waals surface area contributed by atoms with Crippen molar-refractivity contribution >= 4 is 16.0 Å². The molecule has 3 aromatic rings. The summed E-state index contributed by atoms with van der Waals surface area (Å²) in [5.74, 6) is 0.377. The molecule has 0 N–H and O–H groups in total. The van der Waals surface area contributed by atoms with Gasteiger partial charge in [-0.15, -0.1) is 0 Å². The molecule has 1 unspecified atom stereocenters. The van der Waals surface area contributed by atoms with Crippen LogP contribution in [0.2, 0.25) is 0 Å². The fraction of sp³-hybridized carbons (Fsp3) is 0.308. The van der Waals surface area contributed by atoms with Crippen LogP contribution in [0.3, 0.4) is 0 Å². The van der Waals surface area contributed by atoms with Gasteiger partial charge in [0.1, 0.15) is 24.7 Å². The Hall–Kier alpha value is -3.43. The molecule has 1 fully saturated rings. The SMILES string of the molecule is COc1ccc(S(=O)(=O)N2CCCC(C(=O)OCc3ccc(OCc4ccccn4)cc3)C2)cc1. The standard InChI is InChI=1S/C26H28N2O6S/c1-32-23-11-13-25(14-12-23)35(30,31)28-16-4-5-21(17-28)26(29)34-18-20-7-9-24(10-8-20)33-19-22-6-2-3-15-27-22/h2-3,6-15,21H,4-5,16-19H2,1H3. The van der Waals surface area contributed by atoms with Gasteiger partial charge in [-0.2, -0.15) is 4.31 Å². The molecule has 35 heavy (non-hydrogen) atoms. The summed E-state index contributed by atoms with van der Waals surface area (Å²) in [6.45, 7) is 0.958. The summed E-state index contributed by atoms with van der Waals surface area (Å²) < 4.78 is 43.7. The van der Waals surface area contributed by atoms with E-state index in [4.69, 9.17) is 14.2 Å². The number of rotatable bonds is 9. The molecule has 0 aliphatic carbocycles. The van der Waals surface area contributed by atoms with Crippen molar-refractivity contribution in [2.45, 2.75) is 31.0 Å². The molecule has 0 saturated carbocycles. The first-order valence-corrected chi connectivity index (χ1v) is 12.8. The molecule has 0 spiro atoms. The summed E-state index contributed by atoms with van der Waals surface area (Å²) in [5, 5.41) is 0. The molecule has 1 atom stereocenters. The monoisotopic (exact) mass is 496 g/mol. The van der Waals surface area contributed by atoms with Crippen molar-refractivity contribution in [3.05, 3.63) is 84.2 Å². The summed E-state index contributed by atoms with van der Waals surface area (Å²) in [6, 6.07) is 19.2. The van der Waals surface area contributed by atoms with Crippen LogP contribution >= 0.6 is 0 Å². The Balaban J connectivity index is 1.29. The first-order valence-electron chi connectivity index (χ1n) is 11.4. The number of carbonyl (C=O) groups excluding carboxylic acids is 1. The van der Waals surface area contributed by atoms with Gasteiger partial charge < -0.3 is 14.2 Å². The van der Waals surface area contributed by atoms with Gasteiger partial charge in [0.25, 0.3) is 0 Å². The van der Waals surface area contributed by atoms with E-state index in [9.17, 15) is 13.2 Å². The number of esters is 1. The number of methoxy groups -OCH3 is 1. The Morgan fingerprint density at radius 1 is 1.00 bits per heavy atom. The quantitative estimate of drug-likeness (QED) is 0.416. The largest absolute Gasteiger partial charge is 0.497 e. The van der Waals surface area contributed by atoms with Crippen LogP contribution in [0, 0.1) is 5.92 Å². The Bertz CT molecular complexity index is 1210. The van der Waals surface area contributed by atoms with E-state index in [-0.39, 0.29) is 18.0 Å². The average Bonchev–Trinajstić information content (AvgIpc) is 2.92. The van der Waals surface area contributed by atoms with Crippen LogP contribution in [-0.4, -0.2) is 43.9 Å². The molecule has 0 bridgehead atoms. The maximum Gasteiger partial charge on any atom is 0.310 e. The second-order valence-corrected chi connectivity index (χ2v) is 10.2. The van der Waals surface area contributed by atoms with Crippen LogP contribution in [0.5, 0.6) is 11.5 Å². The average molecular weight is 497 g/mol. The second-order valence-electron chi connectivity index (χ2n) is 8.24. The lowest BCUT2D eigenvalue weighted by molar-refractivity contribution is -0.151. The predicted molar refractivity (Wildman–Crippen MR) is 129 cm³/mol. The second kappa shape index (κ2) is 11.3. The smallest absolute Gasteiger partial charge is 0.310 e. The fourth-order valence-corrected chi connectivity index (χ4v) is 5.37. The van der Waals surface area contributed by atoms with E-state index in [0.29, 0.717) is 37.5 Å². The summed E-state index contributed by atoms with van der Waals surface area (Å²) in [5.41, 5.74) is 1.66. The summed E-state index contributed by atoms with van der Waals surface area (Å²) in [6.07, 6.45) is 2.90. The highest BCUT2D eigenvalue weighted by Crippen LogP contribution is 2.26. The third-order valence-electron chi connectivity index (χ3n) is 5.83. The lowest BCUT2D eigenvalue weighted by Crippen LogP contribution is -2.42. The van der Waals surface area contributed by atoms with E-state index in [1.54, 1.807) is 18.3 Å². The summed E-state index contributed by atoms with van der Waals surface area (Å²) >= 11 is 0. The minimum atomic E-state index is -3.70. The zero-order valence-electron chi connectivity index (χ0n) is 19.5. The molecule has 0 amide bonds. The zero-order valence-corrected chi connectivity index (χ0v) is 20.3. The first-order chi connectivity index (χ1) is 17.0. The highest BCUT2D eigenvalue weighted by Gasteiger charge is 2.34. The van der Waals surface area contributed by atoms with Gasteiger partial charge in [-0.25, -0.2) is 8.42 Å². The van der Waals surface area contributed by atoms with Crippen molar-refractivity contribution in [3.63, 3.8) is 0 Å². The van der Waals surface area contributed by atoms with Crippen molar-refractivity contribution in [2.24, 2.45) is 5.92 Å². The van der Waals surface area contributed by atoms with Crippen molar-refractivity contribution < 1.29 is 27.4 Å². The fourth-order valence-electron chi connectivity index (χ4n) is 3.84. The molecule has 1 aliphatic heterocycles. The van der Waals surface area contributed by atoms with Crippen LogP contribution in [0.4, 0.5) is 0 Å². The molecule has 8 nitrogen and oxygen atoms in total. The molecule has 1 aliphatic rings. The number of ether oxygens (including phenoxy) is 3. The Morgan fingerprint density at radius 2 is 1.74 bits per heavy atom. The van der Waals surface area contributed by atoms with Crippen molar-refractivity contribution in [1.29, 1.82) is 0 Å². The number of hydrogen-bond donors (Lipinski definition) is 0. The number of benzene rings is 2. The van der Waals surface area contributed by atoms with Crippen LogP contribution in [0.1, 0.15) is 24.1 Å². The van der Waals surface area contributed by atoms with Crippen molar-refractivity contribution in [3.8, 4) is 11.5 Å². The van der Waals surface area contributed by atoms with E-state index >= 15 is 0 Å². The summed E-state index contributed by atoms with van der Waals surface area (Å²) in [7, 11) is -2.18. The molecule has 184 valence electrons. The highest BCUT2D eigenvalue weighted by molar-refractivity contribution is 7.89. The molecule has 0 radical (unpaired) electrons. The number of sulfonamides is 1. The van der Waals surface area contributed by atoms with Gasteiger partial charge in [0.05, 0.1) is 23.6 Å². The predicted octanol–water partition coefficient (Wildman–Crippen LogP) is 3.81. The van der Waals surface area contributed by atoms with E-state index in [0.717, 1.165) is 11.3 Å². The van der Waals surface area contributed by atoms with Crippen LogP contribution in [0.15, 0.2) is 77.8 Å². The Kier molecular flexibility index (Phi) is 7.99. The Labute approximate surface area is 205 Å². The molecule has 2 aromatic carbocycles. The van der Waals surface area contributed by atoms with Crippen molar-refractivity contribution in [1.82, 2.24) is 9.29 Å². The number of hydrogen-bond acceptors (Lipinski definition) is 7. The van der Waals surface area contributed by atoms with Gasteiger partial charge in [-0.1, -0.05) is 18.2 Å². The van der Waals surface area contributed by atoms with E-state index in [1.807, 2.05) is 42.5 Å². The Morgan fingerprint density at radius 3 is 2.43 bits per heavy atom. The van der Waals surface area contributed by atoms with Gasteiger partial charge in [-0.05, 0) is 66.9 Å². The third-order valence-corrected chi connectivity index (χ3v) is 7.71. The first kappa shape index (κ1) is 24.7. The maximum absolute atomic E-state index is 13.0. The third kappa shape index (κ3) is 6.37. The van der Waals surface area contributed by atoms with Gasteiger partial charge in [0, 0.05) is 19.3 Å². The number of carbonyl (C=O) groups is 1. The topological polar surface area (TPSA) is 95.0 Å². The summed E-state index contributed by atoms with van der Waals surface area (Å²) in [4.78, 5) is 17.1. The molecule has 4 rings (SSSR count). The maximum atomic E-state index is 13.0. The van der Waals surface area contributed by atoms with E-state index < -0.39 is 21.9 Å². The lowest BCUT2D eigenvalue weighted by Gasteiger charge is -2.30. The molecule has 1 saturated heterocycles. The van der Waals surface area contributed by atoms with E-state index in [2.05, 4.69) is 4.98 Å². The van der Waals surface area contributed by atoms with Crippen LogP contribution in [0.25, 0.3) is 0 Å². The van der Waals surface area contributed by atoms with Gasteiger partial charge in [0.2, 0.25) is 10.0 Å². The lowest BCUT2D eigenvalue weighted by atomic mass is 10.00. The number of pyridine rings is 1. The van der Waals surface area contributed by atoms with Crippen LogP contribution in [-0.2, 0) is 32.8 Å². The minimum absolute atomic E-state index is 0.105. The highest BCUT2D eigenvalue weighted by atomic mass is 32.2.